The maximum atomic E-state index is 5.08. The molecule has 12 heavy (non-hydrogen) atoms. The van der Waals surface area contributed by atoms with Crippen LogP contribution in [0.25, 0.3) is 0 Å². The molecule has 0 fully saturated rings. The fourth-order valence-electron chi connectivity index (χ4n) is 1.15. The highest BCUT2D eigenvalue weighted by molar-refractivity contribution is 7.98. The van der Waals surface area contributed by atoms with E-state index in [1.54, 1.807) is 7.11 Å². The van der Waals surface area contributed by atoms with E-state index in [-0.39, 0.29) is 0 Å². The predicted octanol–water partition coefficient (Wildman–Crippen LogP) is 1.75. The molecule has 0 radical (unpaired) electrons. The minimum atomic E-state index is 0.539. The fourth-order valence-corrected chi connectivity index (χ4v) is 1.64. The van der Waals surface area contributed by atoms with E-state index in [0.717, 1.165) is 6.61 Å². The minimum absolute atomic E-state index is 0.539. The normalized spacial score (nSPS) is 13.2. The second-order valence-electron chi connectivity index (χ2n) is 2.93. The SMILES string of the molecule is CNC(CCCCSC)COC. The lowest BCUT2D eigenvalue weighted by Gasteiger charge is -2.14. The second-order valence-corrected chi connectivity index (χ2v) is 3.92. The van der Waals surface area contributed by atoms with Gasteiger partial charge in [-0.15, -0.1) is 0 Å². The molecular formula is C9H21NOS. The average molecular weight is 191 g/mol. The van der Waals surface area contributed by atoms with E-state index in [1.807, 2.05) is 18.8 Å². The summed E-state index contributed by atoms with van der Waals surface area (Å²) in [6, 6.07) is 0.539. The number of thioether (sulfide) groups is 1. The lowest BCUT2D eigenvalue weighted by atomic mass is 10.1. The van der Waals surface area contributed by atoms with E-state index in [2.05, 4.69) is 11.6 Å². The van der Waals surface area contributed by atoms with Crippen molar-refractivity contribution in [1.29, 1.82) is 0 Å². The quantitative estimate of drug-likeness (QED) is 0.591. The number of hydrogen-bond acceptors (Lipinski definition) is 3. The first-order chi connectivity index (χ1) is 5.85. The summed E-state index contributed by atoms with van der Waals surface area (Å²) in [5.74, 6) is 1.28. The molecule has 74 valence electrons. The lowest BCUT2D eigenvalue weighted by Crippen LogP contribution is -2.29. The van der Waals surface area contributed by atoms with Crippen LogP contribution in [0.4, 0.5) is 0 Å². The molecule has 0 aliphatic carbocycles. The molecule has 0 heterocycles. The molecule has 0 bridgehead atoms. The van der Waals surface area contributed by atoms with Gasteiger partial charge in [-0.05, 0) is 31.9 Å². The lowest BCUT2D eigenvalue weighted by molar-refractivity contribution is 0.165. The van der Waals surface area contributed by atoms with Gasteiger partial charge in [-0.3, -0.25) is 0 Å². The monoisotopic (exact) mass is 191 g/mol. The van der Waals surface area contributed by atoms with Crippen LogP contribution in [0.1, 0.15) is 19.3 Å². The highest BCUT2D eigenvalue weighted by atomic mass is 32.2. The molecular weight excluding hydrogens is 170 g/mol. The number of ether oxygens (including phenoxy) is 1. The van der Waals surface area contributed by atoms with Crippen LogP contribution < -0.4 is 5.32 Å². The first-order valence-corrected chi connectivity index (χ1v) is 5.89. The van der Waals surface area contributed by atoms with Crippen LogP contribution in [0.15, 0.2) is 0 Å². The number of unbranched alkanes of at least 4 members (excludes halogenated alkanes) is 1. The molecule has 1 unspecified atom stereocenters. The minimum Gasteiger partial charge on any atom is -0.383 e. The Morgan fingerprint density at radius 2 is 2.17 bits per heavy atom. The van der Waals surface area contributed by atoms with Crippen molar-refractivity contribution >= 4 is 11.8 Å². The predicted molar refractivity (Wildman–Crippen MR) is 57.0 cm³/mol. The van der Waals surface area contributed by atoms with Gasteiger partial charge in [0.15, 0.2) is 0 Å². The Morgan fingerprint density at radius 1 is 1.42 bits per heavy atom. The Bertz CT molecular complexity index is 90.6. The van der Waals surface area contributed by atoms with Crippen molar-refractivity contribution in [1.82, 2.24) is 5.32 Å². The largest absolute Gasteiger partial charge is 0.383 e. The molecule has 0 aromatic heterocycles. The molecule has 0 aromatic carbocycles. The maximum absolute atomic E-state index is 5.08. The van der Waals surface area contributed by atoms with Gasteiger partial charge in [0.1, 0.15) is 0 Å². The molecule has 0 rings (SSSR count). The van der Waals surface area contributed by atoms with Gasteiger partial charge >= 0.3 is 0 Å². The zero-order chi connectivity index (χ0) is 9.23. The third-order valence-corrected chi connectivity index (χ3v) is 2.62. The Labute approximate surface area is 80.4 Å². The molecule has 0 amide bonds. The zero-order valence-corrected chi connectivity index (χ0v) is 9.25. The van der Waals surface area contributed by atoms with Crippen molar-refractivity contribution in [2.75, 3.05) is 32.8 Å². The molecule has 1 N–H and O–H groups in total. The van der Waals surface area contributed by atoms with Crippen LogP contribution in [0.5, 0.6) is 0 Å². The van der Waals surface area contributed by atoms with Crippen molar-refractivity contribution in [3.05, 3.63) is 0 Å². The summed E-state index contributed by atoms with van der Waals surface area (Å²) in [5.41, 5.74) is 0. The van der Waals surface area contributed by atoms with Crippen LogP contribution in [0.2, 0.25) is 0 Å². The van der Waals surface area contributed by atoms with E-state index in [9.17, 15) is 0 Å². The van der Waals surface area contributed by atoms with E-state index < -0.39 is 0 Å². The van der Waals surface area contributed by atoms with Crippen molar-refractivity contribution in [2.45, 2.75) is 25.3 Å². The Kier molecular flexibility index (Phi) is 9.57. The third-order valence-electron chi connectivity index (χ3n) is 1.93. The molecule has 0 spiro atoms. The third kappa shape index (κ3) is 6.95. The molecule has 0 aliphatic rings. The van der Waals surface area contributed by atoms with Crippen molar-refractivity contribution in [2.24, 2.45) is 0 Å². The maximum Gasteiger partial charge on any atom is 0.0615 e. The average Bonchev–Trinajstić information content (AvgIpc) is 2.10. The smallest absolute Gasteiger partial charge is 0.0615 e. The second kappa shape index (κ2) is 9.36. The van der Waals surface area contributed by atoms with Crippen LogP contribution in [-0.4, -0.2) is 38.8 Å². The van der Waals surface area contributed by atoms with Gasteiger partial charge in [-0.2, -0.15) is 11.8 Å². The van der Waals surface area contributed by atoms with Crippen molar-refractivity contribution in [3.63, 3.8) is 0 Å². The van der Waals surface area contributed by atoms with Gasteiger partial charge in [0, 0.05) is 13.2 Å². The molecule has 0 aromatic rings. The van der Waals surface area contributed by atoms with E-state index in [1.165, 1.54) is 25.0 Å². The first-order valence-electron chi connectivity index (χ1n) is 4.50. The van der Waals surface area contributed by atoms with Crippen molar-refractivity contribution in [3.8, 4) is 0 Å². The van der Waals surface area contributed by atoms with E-state index in [0.29, 0.717) is 6.04 Å². The fraction of sp³-hybridized carbons (Fsp3) is 1.00. The standard InChI is InChI=1S/C9H21NOS/c1-10-9(8-11-2)6-4-5-7-12-3/h9-10H,4-8H2,1-3H3. The van der Waals surface area contributed by atoms with Crippen LogP contribution in [0.3, 0.4) is 0 Å². The highest BCUT2D eigenvalue weighted by Gasteiger charge is 2.03. The highest BCUT2D eigenvalue weighted by Crippen LogP contribution is 2.05. The van der Waals surface area contributed by atoms with Gasteiger partial charge < -0.3 is 10.1 Å². The van der Waals surface area contributed by atoms with Crippen LogP contribution in [0, 0.1) is 0 Å². The topological polar surface area (TPSA) is 21.3 Å². The van der Waals surface area contributed by atoms with Gasteiger partial charge in [0.25, 0.3) is 0 Å². The summed E-state index contributed by atoms with van der Waals surface area (Å²) in [5, 5.41) is 3.25. The molecule has 0 aliphatic heterocycles. The molecule has 1 atom stereocenters. The number of likely N-dealkylation sites (N-methyl/N-ethyl adjacent to an activating group) is 1. The number of rotatable bonds is 8. The molecule has 3 heteroatoms. The Hall–Kier alpha value is 0.270. The summed E-state index contributed by atoms with van der Waals surface area (Å²) >= 11 is 1.92. The zero-order valence-electron chi connectivity index (χ0n) is 8.43. The number of hydrogen-bond donors (Lipinski definition) is 1. The Balaban J connectivity index is 3.19. The summed E-state index contributed by atoms with van der Waals surface area (Å²) in [4.78, 5) is 0. The van der Waals surface area contributed by atoms with Crippen LogP contribution in [-0.2, 0) is 4.74 Å². The van der Waals surface area contributed by atoms with Gasteiger partial charge in [-0.25, -0.2) is 0 Å². The number of nitrogens with one attached hydrogen (secondary N) is 1. The van der Waals surface area contributed by atoms with Gasteiger partial charge in [0.2, 0.25) is 0 Å². The summed E-state index contributed by atoms with van der Waals surface area (Å²) in [6.07, 6.45) is 6.01. The summed E-state index contributed by atoms with van der Waals surface area (Å²) in [7, 11) is 3.75. The van der Waals surface area contributed by atoms with Gasteiger partial charge in [0.05, 0.1) is 6.61 Å². The molecule has 0 saturated heterocycles. The first kappa shape index (κ1) is 12.3. The molecule has 0 saturated carbocycles. The summed E-state index contributed by atoms with van der Waals surface area (Å²) in [6.45, 7) is 0.829. The van der Waals surface area contributed by atoms with Crippen molar-refractivity contribution < 1.29 is 4.74 Å². The Morgan fingerprint density at radius 3 is 2.67 bits per heavy atom. The number of methoxy groups -OCH3 is 1. The van der Waals surface area contributed by atoms with E-state index >= 15 is 0 Å². The molecule has 2 nitrogen and oxygen atoms in total. The van der Waals surface area contributed by atoms with E-state index in [4.69, 9.17) is 4.74 Å². The van der Waals surface area contributed by atoms with Gasteiger partial charge in [-0.1, -0.05) is 6.42 Å². The van der Waals surface area contributed by atoms with Crippen LogP contribution >= 0.6 is 11.8 Å². The summed E-state index contributed by atoms with van der Waals surface area (Å²) < 4.78 is 5.08.